The molecule has 0 unspecified atom stereocenters. The summed E-state index contributed by atoms with van der Waals surface area (Å²) < 4.78 is 10.2. The maximum atomic E-state index is 13.7. The summed E-state index contributed by atoms with van der Waals surface area (Å²) in [5, 5.41) is 6.51. The topological polar surface area (TPSA) is 125 Å². The number of nitrogens with zero attached hydrogens (tertiary/aromatic N) is 5. The molecule has 0 saturated heterocycles. The predicted octanol–water partition coefficient (Wildman–Crippen LogP) is 4.41. The van der Waals surface area contributed by atoms with Crippen LogP contribution >= 0.6 is 0 Å². The molecule has 1 aliphatic rings. The second kappa shape index (κ2) is 15.7. The lowest BCUT2D eigenvalue weighted by Gasteiger charge is -2.32. The van der Waals surface area contributed by atoms with Crippen LogP contribution in [-0.4, -0.2) is 96.3 Å². The number of hydrogen-bond donors (Lipinski definition) is 1. The number of esters is 1. The molecule has 0 bridgehead atoms. The molecule has 0 spiro atoms. The number of anilines is 1. The van der Waals surface area contributed by atoms with Crippen LogP contribution in [0.5, 0.6) is 0 Å². The van der Waals surface area contributed by atoms with Crippen LogP contribution in [0.4, 0.5) is 10.5 Å². The van der Waals surface area contributed by atoms with Gasteiger partial charge in [0.25, 0.3) is 5.91 Å². The lowest BCUT2D eigenvalue weighted by Crippen LogP contribution is -2.48. The SMILES string of the molecule is CCN(CCNC(=O)CN(CC(=O)N(C)N1Cc2ccccc2C1)c1ccc(-c2ccc(C(=O)OC)cn2)cc1C)C(=O)OC(C)(C)C. The summed E-state index contributed by atoms with van der Waals surface area (Å²) in [4.78, 5) is 59.1. The molecule has 2 aromatic carbocycles. The van der Waals surface area contributed by atoms with Gasteiger partial charge in [0.05, 0.1) is 31.5 Å². The zero-order chi connectivity index (χ0) is 35.0. The van der Waals surface area contributed by atoms with Gasteiger partial charge in [0.2, 0.25) is 5.91 Å². The van der Waals surface area contributed by atoms with Crippen molar-refractivity contribution in [2.45, 2.75) is 53.3 Å². The molecule has 256 valence electrons. The molecular weight excluding hydrogens is 612 g/mol. The van der Waals surface area contributed by atoms with Crippen LogP contribution in [0, 0.1) is 6.92 Å². The van der Waals surface area contributed by atoms with Crippen molar-refractivity contribution in [1.82, 2.24) is 25.2 Å². The molecule has 48 heavy (non-hydrogen) atoms. The minimum Gasteiger partial charge on any atom is -0.465 e. The van der Waals surface area contributed by atoms with Crippen molar-refractivity contribution in [1.29, 1.82) is 0 Å². The average Bonchev–Trinajstić information content (AvgIpc) is 3.49. The standard InChI is InChI=1S/C36H46N6O6/c1-8-40(35(46)48-36(3,4)5)18-17-37-32(43)23-41(24-33(44)39(6)42-21-28-11-9-10-12-29(28)22-42)31-16-14-26(19-25(31)2)30-15-13-27(20-38-30)34(45)47-7/h9-16,19-20H,8,17-18,21-24H2,1-7H3,(H,37,43). The number of hydrogen-bond acceptors (Lipinski definition) is 9. The smallest absolute Gasteiger partial charge is 0.410 e. The van der Waals surface area contributed by atoms with E-state index in [2.05, 4.69) is 22.4 Å². The van der Waals surface area contributed by atoms with Crippen LogP contribution in [0.25, 0.3) is 11.3 Å². The van der Waals surface area contributed by atoms with Crippen molar-refractivity contribution in [2.75, 3.05) is 51.8 Å². The van der Waals surface area contributed by atoms with Crippen molar-refractivity contribution in [2.24, 2.45) is 0 Å². The van der Waals surface area contributed by atoms with Crippen LogP contribution < -0.4 is 10.2 Å². The molecule has 2 heterocycles. The first-order chi connectivity index (χ1) is 22.8. The van der Waals surface area contributed by atoms with E-state index in [0.717, 1.165) is 16.8 Å². The van der Waals surface area contributed by atoms with Crippen LogP contribution in [0.3, 0.4) is 0 Å². The Labute approximate surface area is 282 Å². The number of amides is 3. The fourth-order valence-electron chi connectivity index (χ4n) is 5.41. The lowest BCUT2D eigenvalue weighted by molar-refractivity contribution is -0.145. The number of carbonyl (C=O) groups is 4. The van der Waals surface area contributed by atoms with E-state index in [9.17, 15) is 19.2 Å². The van der Waals surface area contributed by atoms with Gasteiger partial charge in [-0.2, -0.15) is 0 Å². The molecule has 0 radical (unpaired) electrons. The summed E-state index contributed by atoms with van der Waals surface area (Å²) in [6.45, 7) is 11.3. The van der Waals surface area contributed by atoms with Crippen LogP contribution in [0.2, 0.25) is 0 Å². The van der Waals surface area contributed by atoms with Gasteiger partial charge in [-0.3, -0.25) is 19.6 Å². The molecule has 12 nitrogen and oxygen atoms in total. The van der Waals surface area contributed by atoms with E-state index >= 15 is 0 Å². The highest BCUT2D eigenvalue weighted by atomic mass is 16.6. The van der Waals surface area contributed by atoms with Gasteiger partial charge in [-0.15, -0.1) is 0 Å². The molecule has 0 aliphatic carbocycles. The Morgan fingerprint density at radius 2 is 1.67 bits per heavy atom. The second-order valence-electron chi connectivity index (χ2n) is 12.7. The predicted molar refractivity (Wildman–Crippen MR) is 183 cm³/mol. The average molecular weight is 659 g/mol. The third kappa shape index (κ3) is 9.31. The van der Waals surface area contributed by atoms with Gasteiger partial charge in [0.1, 0.15) is 5.60 Å². The summed E-state index contributed by atoms with van der Waals surface area (Å²) in [5.74, 6) is -0.918. The number of methoxy groups -OCH3 is 1. The van der Waals surface area contributed by atoms with E-state index in [1.54, 1.807) is 29.1 Å². The fourth-order valence-corrected chi connectivity index (χ4v) is 5.41. The number of fused-ring (bicyclic) bond motifs is 1. The second-order valence-corrected chi connectivity index (χ2v) is 12.7. The highest BCUT2D eigenvalue weighted by molar-refractivity contribution is 5.89. The number of aryl methyl sites for hydroxylation is 1. The van der Waals surface area contributed by atoms with Crippen molar-refractivity contribution < 1.29 is 28.7 Å². The summed E-state index contributed by atoms with van der Waals surface area (Å²) in [5.41, 5.74) is 5.13. The van der Waals surface area contributed by atoms with Gasteiger partial charge >= 0.3 is 12.1 Å². The van der Waals surface area contributed by atoms with Crippen molar-refractivity contribution in [3.63, 3.8) is 0 Å². The molecule has 1 aliphatic heterocycles. The van der Waals surface area contributed by atoms with Crippen LogP contribution in [0.1, 0.15) is 54.7 Å². The summed E-state index contributed by atoms with van der Waals surface area (Å²) in [7, 11) is 3.07. The van der Waals surface area contributed by atoms with Crippen molar-refractivity contribution in [3.05, 3.63) is 83.0 Å². The van der Waals surface area contributed by atoms with E-state index in [0.29, 0.717) is 30.9 Å². The third-order valence-corrected chi connectivity index (χ3v) is 8.03. The summed E-state index contributed by atoms with van der Waals surface area (Å²) in [6, 6.07) is 17.2. The van der Waals surface area contributed by atoms with Crippen LogP contribution in [0.15, 0.2) is 60.8 Å². The monoisotopic (exact) mass is 658 g/mol. The first kappa shape index (κ1) is 35.9. The van der Waals surface area contributed by atoms with Gasteiger partial charge in [0, 0.05) is 57.2 Å². The molecular formula is C36H46N6O6. The Balaban J connectivity index is 1.49. The van der Waals surface area contributed by atoms with E-state index in [4.69, 9.17) is 9.47 Å². The quantitative estimate of drug-likeness (QED) is 0.282. The first-order valence-electron chi connectivity index (χ1n) is 16.0. The van der Waals surface area contributed by atoms with E-state index in [1.165, 1.54) is 29.3 Å². The lowest BCUT2D eigenvalue weighted by atomic mass is 10.0. The Morgan fingerprint density at radius 1 is 0.979 bits per heavy atom. The van der Waals surface area contributed by atoms with Gasteiger partial charge in [0.15, 0.2) is 0 Å². The van der Waals surface area contributed by atoms with E-state index in [1.807, 2.05) is 70.0 Å². The van der Waals surface area contributed by atoms with E-state index < -0.39 is 17.7 Å². The molecule has 12 heteroatoms. The minimum atomic E-state index is -0.623. The number of aromatic nitrogens is 1. The van der Waals surface area contributed by atoms with Crippen LogP contribution in [-0.2, 0) is 32.2 Å². The Bertz CT molecular complexity index is 1590. The number of carbonyl (C=O) groups excluding carboxylic acids is 4. The molecule has 0 atom stereocenters. The Kier molecular flexibility index (Phi) is 11.8. The minimum absolute atomic E-state index is 0.0397. The third-order valence-electron chi connectivity index (χ3n) is 8.03. The number of likely N-dealkylation sites (N-methyl/N-ethyl adjacent to an activating group) is 2. The normalized spacial score (nSPS) is 12.6. The molecule has 4 rings (SSSR count). The highest BCUT2D eigenvalue weighted by Gasteiger charge is 2.27. The van der Waals surface area contributed by atoms with Crippen molar-refractivity contribution in [3.8, 4) is 11.3 Å². The van der Waals surface area contributed by atoms with Gasteiger partial charge in [-0.25, -0.2) is 14.6 Å². The number of benzene rings is 2. The van der Waals surface area contributed by atoms with Gasteiger partial charge in [-0.05, 0) is 75.6 Å². The zero-order valence-electron chi connectivity index (χ0n) is 28.9. The number of ether oxygens (including phenoxy) is 2. The molecule has 1 N–H and O–H groups in total. The molecule has 3 amide bonds. The fraction of sp³-hybridized carbons (Fsp3) is 0.417. The molecule has 1 aromatic heterocycles. The highest BCUT2D eigenvalue weighted by Crippen LogP contribution is 2.28. The van der Waals surface area contributed by atoms with E-state index in [-0.39, 0.29) is 38.0 Å². The first-order valence-corrected chi connectivity index (χ1v) is 16.0. The maximum Gasteiger partial charge on any atom is 0.410 e. The number of nitrogens with one attached hydrogen (secondary N) is 1. The Morgan fingerprint density at radius 3 is 2.23 bits per heavy atom. The molecule has 0 saturated carbocycles. The number of pyridine rings is 1. The zero-order valence-corrected chi connectivity index (χ0v) is 28.9. The van der Waals surface area contributed by atoms with Gasteiger partial charge < -0.3 is 24.6 Å². The van der Waals surface area contributed by atoms with Gasteiger partial charge in [-0.1, -0.05) is 30.3 Å². The summed E-state index contributed by atoms with van der Waals surface area (Å²) >= 11 is 0. The molecule has 3 aromatic rings. The van der Waals surface area contributed by atoms with Crippen molar-refractivity contribution >= 4 is 29.6 Å². The Hall–Kier alpha value is -4.97. The maximum absolute atomic E-state index is 13.7. The largest absolute Gasteiger partial charge is 0.465 e. The number of rotatable bonds is 12. The number of hydrazine groups is 1. The summed E-state index contributed by atoms with van der Waals surface area (Å²) in [6.07, 6.45) is 1.03. The molecule has 0 fully saturated rings.